The number of allylic oxidation sites excluding steroid dienone is 1. The number of hydrogen-bond acceptors (Lipinski definition) is 8. The van der Waals surface area contributed by atoms with Crippen LogP contribution in [0.2, 0.25) is 0 Å². The molecule has 0 spiro atoms. The zero-order valence-corrected chi connectivity index (χ0v) is 17.9. The lowest BCUT2D eigenvalue weighted by molar-refractivity contribution is -0.140. The molecule has 0 unspecified atom stereocenters. The van der Waals surface area contributed by atoms with Gasteiger partial charge in [0.1, 0.15) is 28.4 Å². The topological polar surface area (TPSA) is 116 Å². The second-order valence-electron chi connectivity index (χ2n) is 6.66. The van der Waals surface area contributed by atoms with E-state index in [9.17, 15) is 13.2 Å². The minimum Gasteiger partial charge on any atom is -0.494 e. The summed E-state index contributed by atoms with van der Waals surface area (Å²) in [5, 5.41) is 8.65. The van der Waals surface area contributed by atoms with Crippen LogP contribution < -0.4 is 15.2 Å². The molecule has 1 aromatic carbocycles. The number of methoxy groups -OCH3 is 1. The summed E-state index contributed by atoms with van der Waals surface area (Å²) in [5.74, 6) is 0.505. The quantitative estimate of drug-likeness (QED) is 0.297. The van der Waals surface area contributed by atoms with Gasteiger partial charge in [-0.15, -0.1) is 0 Å². The molecule has 3 aromatic rings. The molecule has 11 heteroatoms. The van der Waals surface area contributed by atoms with Crippen molar-refractivity contribution in [3.8, 4) is 11.6 Å². The summed E-state index contributed by atoms with van der Waals surface area (Å²) in [6.45, 7) is 2.24. The van der Waals surface area contributed by atoms with Crippen molar-refractivity contribution in [3.63, 3.8) is 0 Å². The van der Waals surface area contributed by atoms with E-state index in [1.807, 2.05) is 6.92 Å². The van der Waals surface area contributed by atoms with E-state index in [0.717, 1.165) is 6.07 Å². The number of hydrogen-bond donors (Lipinski definition) is 2. The van der Waals surface area contributed by atoms with E-state index in [1.165, 1.54) is 37.7 Å². The van der Waals surface area contributed by atoms with E-state index < -0.39 is 11.9 Å². The lowest BCUT2D eigenvalue weighted by atomic mass is 10.1. The van der Waals surface area contributed by atoms with Gasteiger partial charge < -0.3 is 19.9 Å². The summed E-state index contributed by atoms with van der Waals surface area (Å²) in [5.41, 5.74) is 5.49. The highest BCUT2D eigenvalue weighted by Gasteiger charge is 2.33. The first-order chi connectivity index (χ1) is 15.8. The number of ether oxygens (including phenoxy) is 3. The predicted molar refractivity (Wildman–Crippen MR) is 115 cm³/mol. The maximum atomic E-state index is 13.1. The van der Waals surface area contributed by atoms with Gasteiger partial charge in [0, 0.05) is 29.8 Å². The fourth-order valence-corrected chi connectivity index (χ4v) is 3.03. The molecule has 0 fully saturated rings. The molecule has 0 saturated carbocycles. The van der Waals surface area contributed by atoms with E-state index in [2.05, 4.69) is 15.0 Å². The summed E-state index contributed by atoms with van der Waals surface area (Å²) in [6.07, 6.45) is 0.370. The van der Waals surface area contributed by atoms with Crippen molar-refractivity contribution < 1.29 is 27.4 Å². The Bertz CT molecular complexity index is 1180. The van der Waals surface area contributed by atoms with E-state index >= 15 is 0 Å². The van der Waals surface area contributed by atoms with Crippen LogP contribution >= 0.6 is 0 Å². The molecule has 0 amide bonds. The van der Waals surface area contributed by atoms with Crippen LogP contribution in [0.15, 0.2) is 48.5 Å². The number of nitrogens with two attached hydrogens (primary N) is 1. The number of halogens is 3. The molecule has 3 N–H and O–H groups in total. The molecule has 0 atom stereocenters. The van der Waals surface area contributed by atoms with Gasteiger partial charge >= 0.3 is 6.18 Å². The zero-order valence-electron chi connectivity index (χ0n) is 17.9. The van der Waals surface area contributed by atoms with Crippen molar-refractivity contribution in [1.82, 2.24) is 15.0 Å². The fraction of sp³-hybridized carbons (Fsp3) is 0.273. The summed E-state index contributed by atoms with van der Waals surface area (Å²) >= 11 is 0. The van der Waals surface area contributed by atoms with Crippen LogP contribution in [-0.2, 0) is 17.3 Å². The van der Waals surface area contributed by atoms with Crippen LogP contribution in [0.4, 0.5) is 13.2 Å². The van der Waals surface area contributed by atoms with Gasteiger partial charge in [-0.3, -0.25) is 10.4 Å². The van der Waals surface area contributed by atoms with Crippen LogP contribution in [0.3, 0.4) is 0 Å². The van der Waals surface area contributed by atoms with Crippen molar-refractivity contribution in [2.45, 2.75) is 19.5 Å². The highest BCUT2D eigenvalue weighted by atomic mass is 19.4. The maximum Gasteiger partial charge on any atom is 0.433 e. The van der Waals surface area contributed by atoms with Crippen molar-refractivity contribution in [1.29, 1.82) is 5.41 Å². The molecule has 2 aromatic heterocycles. The van der Waals surface area contributed by atoms with Gasteiger partial charge in [0.25, 0.3) is 0 Å². The average Bonchev–Trinajstić information content (AvgIpc) is 2.80. The van der Waals surface area contributed by atoms with E-state index in [1.54, 1.807) is 6.08 Å². The molecule has 0 bridgehead atoms. The molecule has 8 nitrogen and oxygen atoms in total. The Kier molecular flexibility index (Phi) is 7.44. The van der Waals surface area contributed by atoms with Gasteiger partial charge in [-0.05, 0) is 37.3 Å². The van der Waals surface area contributed by atoms with Gasteiger partial charge in [0.2, 0.25) is 11.8 Å². The molecule has 33 heavy (non-hydrogen) atoms. The molecule has 2 heterocycles. The number of alkyl halides is 3. The van der Waals surface area contributed by atoms with Crippen molar-refractivity contribution in [3.05, 3.63) is 65.4 Å². The van der Waals surface area contributed by atoms with Crippen LogP contribution in [0.5, 0.6) is 11.6 Å². The smallest absolute Gasteiger partial charge is 0.433 e. The average molecular weight is 461 g/mol. The Hall–Kier alpha value is -3.73. The summed E-state index contributed by atoms with van der Waals surface area (Å²) in [7, 11) is 1.33. The monoisotopic (exact) mass is 461 g/mol. The number of nitrogens with zero attached hydrogens (tertiary/aromatic N) is 3. The maximum absolute atomic E-state index is 13.1. The number of fused-ring (bicyclic) bond motifs is 1. The highest BCUT2D eigenvalue weighted by Crippen LogP contribution is 2.33. The Morgan fingerprint density at radius 1 is 1.15 bits per heavy atom. The lowest BCUT2D eigenvalue weighted by Gasteiger charge is -2.14. The summed E-state index contributed by atoms with van der Waals surface area (Å²) in [4.78, 5) is 12.1. The van der Waals surface area contributed by atoms with Crippen molar-refractivity contribution in [2.24, 2.45) is 5.73 Å². The lowest BCUT2D eigenvalue weighted by Crippen LogP contribution is -2.14. The van der Waals surface area contributed by atoms with Crippen LogP contribution in [0.1, 0.15) is 23.9 Å². The Labute approximate surface area is 187 Å². The van der Waals surface area contributed by atoms with Gasteiger partial charge in [-0.2, -0.15) is 13.2 Å². The van der Waals surface area contributed by atoms with Crippen LogP contribution in [0, 0.1) is 5.41 Å². The number of rotatable bonds is 8. The minimum atomic E-state index is -4.62. The van der Waals surface area contributed by atoms with E-state index in [0.29, 0.717) is 24.6 Å². The molecule has 0 aliphatic carbocycles. The van der Waals surface area contributed by atoms with Gasteiger partial charge in [0.05, 0.1) is 20.3 Å². The number of nitrogens with one attached hydrogen (secondary N) is 1. The van der Waals surface area contributed by atoms with Crippen molar-refractivity contribution in [2.75, 3.05) is 20.3 Å². The Morgan fingerprint density at radius 3 is 2.58 bits per heavy atom. The SMILES string of the molecule is CCOc1nccnc1C/C=C(\CN)OC(=N)c1ccc(OC)c2nc(C(F)(F)F)ccc12. The first kappa shape index (κ1) is 23.9. The highest BCUT2D eigenvalue weighted by molar-refractivity contribution is 6.06. The van der Waals surface area contributed by atoms with Gasteiger partial charge in [-0.25, -0.2) is 9.97 Å². The molecule has 174 valence electrons. The third-order valence-electron chi connectivity index (χ3n) is 4.55. The number of aromatic nitrogens is 3. The predicted octanol–water partition coefficient (Wildman–Crippen LogP) is 3.88. The molecule has 0 aliphatic rings. The Morgan fingerprint density at radius 2 is 1.91 bits per heavy atom. The van der Waals surface area contributed by atoms with E-state index in [4.69, 9.17) is 25.4 Å². The van der Waals surface area contributed by atoms with E-state index in [-0.39, 0.29) is 40.4 Å². The molecular weight excluding hydrogens is 439 g/mol. The number of benzene rings is 1. The number of pyridine rings is 1. The normalized spacial score (nSPS) is 12.0. The summed E-state index contributed by atoms with van der Waals surface area (Å²) < 4.78 is 55.6. The first-order valence-corrected chi connectivity index (χ1v) is 9.92. The largest absolute Gasteiger partial charge is 0.494 e. The van der Waals surface area contributed by atoms with Crippen LogP contribution in [-0.4, -0.2) is 41.1 Å². The standard InChI is InChI=1S/C22H22F3N5O3/c1-3-32-21-16(28-10-11-29-21)7-4-13(12-26)33-20(27)15-5-8-17(31-2)19-14(15)6-9-18(30-19)22(23,24)25/h4-6,8-11,27H,3,7,12,26H2,1-2H3/b13-4+,27-20?. The first-order valence-electron chi connectivity index (χ1n) is 9.92. The second-order valence-corrected chi connectivity index (χ2v) is 6.66. The van der Waals surface area contributed by atoms with Gasteiger partial charge in [0.15, 0.2) is 0 Å². The molecule has 0 radical (unpaired) electrons. The third kappa shape index (κ3) is 5.55. The third-order valence-corrected chi connectivity index (χ3v) is 4.55. The van der Waals surface area contributed by atoms with Crippen molar-refractivity contribution >= 4 is 16.8 Å². The fourth-order valence-electron chi connectivity index (χ4n) is 3.03. The Balaban J connectivity index is 1.90. The molecule has 3 rings (SSSR count). The molecular formula is C22H22F3N5O3. The second kappa shape index (κ2) is 10.3. The zero-order chi connectivity index (χ0) is 24.0. The summed E-state index contributed by atoms with van der Waals surface area (Å²) in [6, 6.07) is 5.03. The minimum absolute atomic E-state index is 0.0167. The molecule has 0 saturated heterocycles. The molecule has 0 aliphatic heterocycles. The van der Waals surface area contributed by atoms with Gasteiger partial charge in [-0.1, -0.05) is 0 Å². The van der Waals surface area contributed by atoms with Crippen LogP contribution in [0.25, 0.3) is 10.9 Å².